The number of halogens is 2. The minimum Gasteiger partial charge on any atom is -0.492 e. The molecule has 0 N–H and O–H groups in total. The lowest BCUT2D eigenvalue weighted by molar-refractivity contribution is 0.291. The molecule has 0 bridgehead atoms. The fourth-order valence-corrected chi connectivity index (χ4v) is 3.41. The Labute approximate surface area is 139 Å². The van der Waals surface area contributed by atoms with Crippen LogP contribution in [0.4, 0.5) is 0 Å². The third kappa shape index (κ3) is 2.72. The molecule has 0 radical (unpaired) electrons. The van der Waals surface area contributed by atoms with Gasteiger partial charge in [0.1, 0.15) is 5.75 Å². The van der Waals surface area contributed by atoms with E-state index in [9.17, 15) is 0 Å². The van der Waals surface area contributed by atoms with E-state index in [-0.39, 0.29) is 10.2 Å². The predicted molar refractivity (Wildman–Crippen MR) is 91.9 cm³/mol. The average molecular weight is 366 g/mol. The Bertz CT molecular complexity index is 694. The van der Waals surface area contributed by atoms with E-state index >= 15 is 0 Å². The summed E-state index contributed by atoms with van der Waals surface area (Å²) < 4.78 is 5.75. The summed E-state index contributed by atoms with van der Waals surface area (Å²) in [4.78, 5) is 0.136. The van der Waals surface area contributed by atoms with Crippen LogP contribution in [-0.4, -0.2) is 6.61 Å². The van der Waals surface area contributed by atoms with Crippen LogP contribution >= 0.6 is 27.5 Å². The molecule has 1 aliphatic rings. The highest BCUT2D eigenvalue weighted by Gasteiger charge is 2.32. The van der Waals surface area contributed by atoms with Crippen molar-refractivity contribution in [3.63, 3.8) is 0 Å². The Morgan fingerprint density at radius 3 is 2.52 bits per heavy atom. The second kappa shape index (κ2) is 5.33. The van der Waals surface area contributed by atoms with Crippen molar-refractivity contribution in [3.8, 4) is 5.75 Å². The molecule has 3 heteroatoms. The van der Waals surface area contributed by atoms with Crippen molar-refractivity contribution in [1.82, 2.24) is 0 Å². The summed E-state index contributed by atoms with van der Waals surface area (Å²) in [6, 6.07) is 12.7. The molecule has 1 nitrogen and oxygen atoms in total. The number of hydrogen-bond acceptors (Lipinski definition) is 1. The fourth-order valence-electron chi connectivity index (χ4n) is 2.66. The Hall–Kier alpha value is -0.990. The molecule has 1 atom stereocenters. The molecule has 0 saturated carbocycles. The normalized spacial score (nSPS) is 17.2. The maximum absolute atomic E-state index is 6.24. The van der Waals surface area contributed by atoms with E-state index in [1.165, 1.54) is 16.7 Å². The van der Waals surface area contributed by atoms with Crippen LogP contribution in [0.5, 0.6) is 5.75 Å². The lowest BCUT2D eigenvalue weighted by atomic mass is 9.85. The number of fused-ring (bicyclic) bond motifs is 1. The van der Waals surface area contributed by atoms with Gasteiger partial charge in [-0.2, -0.15) is 0 Å². The summed E-state index contributed by atoms with van der Waals surface area (Å²) in [6.45, 7) is 7.20. The Morgan fingerprint density at radius 2 is 1.81 bits per heavy atom. The Morgan fingerprint density at radius 1 is 1.14 bits per heavy atom. The molecule has 2 aromatic carbocycles. The third-order valence-corrected chi connectivity index (χ3v) is 5.57. The molecule has 1 unspecified atom stereocenters. The fraction of sp³-hybridized carbons (Fsp3) is 0.333. The lowest BCUT2D eigenvalue weighted by Crippen LogP contribution is -2.18. The lowest BCUT2D eigenvalue weighted by Gasteiger charge is -2.18. The standard InChI is InChI=1S/C18H18BrClO/c1-11-4-5-13(9-15(11)20)17(19)12-6-7-16-14(8-12)18(2,3)10-21-16/h4-9,17H,10H2,1-3H3. The predicted octanol–water partition coefficient (Wildman–Crippen LogP) is 5.80. The number of rotatable bonds is 2. The summed E-state index contributed by atoms with van der Waals surface area (Å²) in [5.74, 6) is 1.00. The van der Waals surface area contributed by atoms with Crippen molar-refractivity contribution in [2.24, 2.45) is 0 Å². The summed E-state index contributed by atoms with van der Waals surface area (Å²) in [7, 11) is 0. The highest BCUT2D eigenvalue weighted by atomic mass is 79.9. The van der Waals surface area contributed by atoms with Crippen LogP contribution in [0.15, 0.2) is 36.4 Å². The second-order valence-corrected chi connectivity index (χ2v) is 7.62. The second-order valence-electron chi connectivity index (χ2n) is 6.30. The zero-order chi connectivity index (χ0) is 15.2. The molecule has 2 aromatic rings. The van der Waals surface area contributed by atoms with Gasteiger partial charge in [-0.25, -0.2) is 0 Å². The molecular weight excluding hydrogens is 348 g/mol. The van der Waals surface area contributed by atoms with Crippen molar-refractivity contribution in [1.29, 1.82) is 0 Å². The highest BCUT2D eigenvalue weighted by molar-refractivity contribution is 9.09. The largest absolute Gasteiger partial charge is 0.492 e. The molecule has 0 aromatic heterocycles. The van der Waals surface area contributed by atoms with E-state index in [0.717, 1.165) is 22.9 Å². The SMILES string of the molecule is Cc1ccc(C(Br)c2ccc3c(c2)C(C)(C)CO3)cc1Cl. The molecule has 21 heavy (non-hydrogen) atoms. The molecular formula is C18H18BrClO. The van der Waals surface area contributed by atoms with E-state index in [4.69, 9.17) is 16.3 Å². The first-order chi connectivity index (χ1) is 9.88. The number of aryl methyl sites for hydroxylation is 1. The first kappa shape index (κ1) is 14.9. The summed E-state index contributed by atoms with van der Waals surface area (Å²) in [6.07, 6.45) is 0. The van der Waals surface area contributed by atoms with Gasteiger partial charge in [-0.3, -0.25) is 0 Å². The van der Waals surface area contributed by atoms with Gasteiger partial charge in [-0.1, -0.05) is 59.6 Å². The van der Waals surface area contributed by atoms with Gasteiger partial charge in [0.15, 0.2) is 0 Å². The Balaban J connectivity index is 1.99. The van der Waals surface area contributed by atoms with Crippen molar-refractivity contribution in [2.45, 2.75) is 31.0 Å². The summed E-state index contributed by atoms with van der Waals surface area (Å²) in [5.41, 5.74) is 4.85. The minimum atomic E-state index is 0.0724. The van der Waals surface area contributed by atoms with Crippen LogP contribution in [0.3, 0.4) is 0 Å². The van der Waals surface area contributed by atoms with Gasteiger partial charge in [-0.15, -0.1) is 0 Å². The van der Waals surface area contributed by atoms with Crippen LogP contribution < -0.4 is 4.74 Å². The summed E-state index contributed by atoms with van der Waals surface area (Å²) in [5, 5.41) is 0.807. The number of benzene rings is 2. The minimum absolute atomic E-state index is 0.0724. The molecule has 0 spiro atoms. The van der Waals surface area contributed by atoms with Crippen molar-refractivity contribution < 1.29 is 4.74 Å². The maximum atomic E-state index is 6.24. The first-order valence-corrected chi connectivity index (χ1v) is 8.35. The monoisotopic (exact) mass is 364 g/mol. The van der Waals surface area contributed by atoms with E-state index in [1.807, 2.05) is 13.0 Å². The molecule has 0 fully saturated rings. The van der Waals surface area contributed by atoms with Crippen LogP contribution in [0.25, 0.3) is 0 Å². The van der Waals surface area contributed by atoms with Gasteiger partial charge in [0, 0.05) is 16.0 Å². The van der Waals surface area contributed by atoms with Crippen LogP contribution in [0, 0.1) is 6.92 Å². The van der Waals surface area contributed by atoms with Gasteiger partial charge in [0.05, 0.1) is 11.4 Å². The molecule has 1 heterocycles. The van der Waals surface area contributed by atoms with Gasteiger partial charge < -0.3 is 4.74 Å². The zero-order valence-electron chi connectivity index (χ0n) is 12.4. The maximum Gasteiger partial charge on any atom is 0.123 e. The van der Waals surface area contributed by atoms with Crippen molar-refractivity contribution >= 4 is 27.5 Å². The number of ether oxygens (including phenoxy) is 1. The van der Waals surface area contributed by atoms with E-state index in [1.54, 1.807) is 0 Å². The van der Waals surface area contributed by atoms with E-state index in [2.05, 4.69) is 60.1 Å². The molecule has 110 valence electrons. The highest BCUT2D eigenvalue weighted by Crippen LogP contribution is 2.42. The average Bonchev–Trinajstić information content (AvgIpc) is 2.76. The van der Waals surface area contributed by atoms with Crippen LogP contribution in [0.1, 0.15) is 40.9 Å². The van der Waals surface area contributed by atoms with Gasteiger partial charge >= 0.3 is 0 Å². The molecule has 0 aliphatic carbocycles. The van der Waals surface area contributed by atoms with Gasteiger partial charge in [0.25, 0.3) is 0 Å². The Kier molecular flexibility index (Phi) is 3.79. The zero-order valence-corrected chi connectivity index (χ0v) is 14.8. The van der Waals surface area contributed by atoms with Crippen LogP contribution in [-0.2, 0) is 5.41 Å². The van der Waals surface area contributed by atoms with E-state index < -0.39 is 0 Å². The van der Waals surface area contributed by atoms with Gasteiger partial charge in [0.2, 0.25) is 0 Å². The molecule has 1 aliphatic heterocycles. The molecule has 0 amide bonds. The third-order valence-electron chi connectivity index (χ3n) is 4.10. The van der Waals surface area contributed by atoms with Crippen molar-refractivity contribution in [3.05, 3.63) is 63.7 Å². The smallest absolute Gasteiger partial charge is 0.123 e. The van der Waals surface area contributed by atoms with Crippen LogP contribution in [0.2, 0.25) is 5.02 Å². The number of alkyl halides is 1. The summed E-state index contributed by atoms with van der Waals surface area (Å²) >= 11 is 10.0. The van der Waals surface area contributed by atoms with E-state index in [0.29, 0.717) is 0 Å². The van der Waals surface area contributed by atoms with Gasteiger partial charge in [-0.05, 0) is 41.8 Å². The molecule has 0 saturated heterocycles. The number of hydrogen-bond donors (Lipinski definition) is 0. The first-order valence-electron chi connectivity index (χ1n) is 7.06. The quantitative estimate of drug-likeness (QED) is 0.611. The topological polar surface area (TPSA) is 9.23 Å². The molecule has 3 rings (SSSR count). The van der Waals surface area contributed by atoms with Crippen molar-refractivity contribution in [2.75, 3.05) is 6.61 Å².